The normalized spacial score (nSPS) is 24.3. The summed E-state index contributed by atoms with van der Waals surface area (Å²) in [7, 11) is 0. The number of nitrogens with two attached hydrogens (primary N) is 1. The van der Waals surface area contributed by atoms with Crippen LogP contribution in [-0.4, -0.2) is 17.0 Å². The van der Waals surface area contributed by atoms with Gasteiger partial charge in [-0.2, -0.15) is 0 Å². The number of nitro benzene ring substituents is 1. The Labute approximate surface area is 100 Å². The molecule has 1 aromatic rings. The van der Waals surface area contributed by atoms with Gasteiger partial charge in [-0.05, 0) is 25.0 Å². The minimum absolute atomic E-state index is 0.114. The lowest BCUT2D eigenvalue weighted by atomic mass is 9.91. The maximum atomic E-state index is 10.5. The standard InChI is InChI=1S/C12H17N3O2/c13-11-3-1-2-4-12(11)14-9-5-7-10(8-6-9)15(16)17/h5-8,11-12,14H,1-4,13H2/t11-,12-/m1/s1. The van der Waals surface area contributed by atoms with Crippen molar-refractivity contribution in [1.82, 2.24) is 0 Å². The Hall–Kier alpha value is -1.62. The zero-order valence-corrected chi connectivity index (χ0v) is 9.63. The van der Waals surface area contributed by atoms with Crippen molar-refractivity contribution in [2.75, 3.05) is 5.32 Å². The monoisotopic (exact) mass is 235 g/mol. The van der Waals surface area contributed by atoms with Gasteiger partial charge in [0.25, 0.3) is 5.69 Å². The van der Waals surface area contributed by atoms with Gasteiger partial charge in [-0.1, -0.05) is 12.8 Å². The minimum atomic E-state index is -0.393. The number of benzene rings is 1. The number of nitrogens with zero attached hydrogens (tertiary/aromatic N) is 1. The maximum absolute atomic E-state index is 10.5. The van der Waals surface area contributed by atoms with Crippen molar-refractivity contribution in [2.24, 2.45) is 5.73 Å². The summed E-state index contributed by atoms with van der Waals surface area (Å²) in [5.74, 6) is 0. The van der Waals surface area contributed by atoms with E-state index in [4.69, 9.17) is 5.73 Å². The minimum Gasteiger partial charge on any atom is -0.381 e. The van der Waals surface area contributed by atoms with Gasteiger partial charge in [0.2, 0.25) is 0 Å². The molecule has 0 aliphatic heterocycles. The van der Waals surface area contributed by atoms with Crippen LogP contribution < -0.4 is 11.1 Å². The van der Waals surface area contributed by atoms with Gasteiger partial charge in [0.1, 0.15) is 0 Å². The van der Waals surface area contributed by atoms with Crippen LogP contribution in [0.25, 0.3) is 0 Å². The van der Waals surface area contributed by atoms with Crippen LogP contribution >= 0.6 is 0 Å². The van der Waals surface area contributed by atoms with Crippen LogP contribution in [0.3, 0.4) is 0 Å². The van der Waals surface area contributed by atoms with Gasteiger partial charge in [-0.25, -0.2) is 0 Å². The summed E-state index contributed by atoms with van der Waals surface area (Å²) < 4.78 is 0. The van der Waals surface area contributed by atoms with E-state index in [9.17, 15) is 10.1 Å². The Morgan fingerprint density at radius 3 is 2.47 bits per heavy atom. The van der Waals surface area contributed by atoms with Crippen molar-refractivity contribution >= 4 is 11.4 Å². The summed E-state index contributed by atoms with van der Waals surface area (Å²) in [5, 5.41) is 13.9. The molecule has 2 atom stereocenters. The average Bonchev–Trinajstić information content (AvgIpc) is 2.33. The molecule has 0 spiro atoms. The van der Waals surface area contributed by atoms with Gasteiger partial charge in [-0.3, -0.25) is 10.1 Å². The highest BCUT2D eigenvalue weighted by molar-refractivity contribution is 5.49. The number of anilines is 1. The van der Waals surface area contributed by atoms with Gasteiger partial charge in [0, 0.05) is 29.9 Å². The molecule has 1 aromatic carbocycles. The zero-order valence-electron chi connectivity index (χ0n) is 9.63. The van der Waals surface area contributed by atoms with Crippen molar-refractivity contribution in [3.63, 3.8) is 0 Å². The molecule has 0 saturated heterocycles. The summed E-state index contributed by atoms with van der Waals surface area (Å²) in [6.45, 7) is 0. The first-order chi connectivity index (χ1) is 8.16. The van der Waals surface area contributed by atoms with E-state index in [0.29, 0.717) is 0 Å². The van der Waals surface area contributed by atoms with Crippen LogP contribution in [0.15, 0.2) is 24.3 Å². The van der Waals surface area contributed by atoms with E-state index in [2.05, 4.69) is 5.32 Å². The van der Waals surface area contributed by atoms with E-state index in [0.717, 1.165) is 18.5 Å². The largest absolute Gasteiger partial charge is 0.381 e. The Balaban J connectivity index is 2.00. The van der Waals surface area contributed by atoms with Crippen molar-refractivity contribution < 1.29 is 4.92 Å². The molecule has 17 heavy (non-hydrogen) atoms. The summed E-state index contributed by atoms with van der Waals surface area (Å²) in [6.07, 6.45) is 4.50. The van der Waals surface area contributed by atoms with Crippen molar-refractivity contribution in [3.8, 4) is 0 Å². The molecule has 2 rings (SSSR count). The van der Waals surface area contributed by atoms with E-state index in [1.54, 1.807) is 12.1 Å². The number of hydrogen-bond donors (Lipinski definition) is 2. The molecular formula is C12H17N3O2. The SMILES string of the molecule is N[C@@H]1CCCC[C@H]1Nc1ccc([N+](=O)[O-])cc1. The average molecular weight is 235 g/mol. The molecule has 0 unspecified atom stereocenters. The first-order valence-electron chi connectivity index (χ1n) is 5.93. The first-order valence-corrected chi connectivity index (χ1v) is 5.93. The van der Waals surface area contributed by atoms with Crippen LogP contribution in [-0.2, 0) is 0 Å². The molecule has 1 aliphatic rings. The summed E-state index contributed by atoms with van der Waals surface area (Å²) in [6, 6.07) is 6.95. The molecule has 1 aliphatic carbocycles. The van der Waals surface area contributed by atoms with Gasteiger partial charge < -0.3 is 11.1 Å². The molecule has 0 aromatic heterocycles. The first kappa shape index (κ1) is 11.9. The van der Waals surface area contributed by atoms with Crippen LogP contribution in [0.5, 0.6) is 0 Å². The van der Waals surface area contributed by atoms with E-state index in [1.165, 1.54) is 25.0 Å². The van der Waals surface area contributed by atoms with Gasteiger partial charge in [0.05, 0.1) is 4.92 Å². The molecule has 1 fully saturated rings. The lowest BCUT2D eigenvalue weighted by molar-refractivity contribution is -0.384. The van der Waals surface area contributed by atoms with E-state index < -0.39 is 4.92 Å². The highest BCUT2D eigenvalue weighted by Crippen LogP contribution is 2.22. The molecule has 1 saturated carbocycles. The third-order valence-corrected chi connectivity index (χ3v) is 3.25. The highest BCUT2D eigenvalue weighted by Gasteiger charge is 2.21. The Bertz CT molecular complexity index is 391. The Kier molecular flexibility index (Phi) is 3.58. The third-order valence-electron chi connectivity index (χ3n) is 3.25. The van der Waals surface area contributed by atoms with Gasteiger partial charge >= 0.3 is 0 Å². The predicted octanol–water partition coefficient (Wildman–Crippen LogP) is 2.28. The van der Waals surface area contributed by atoms with Crippen LogP contribution in [0.2, 0.25) is 0 Å². The maximum Gasteiger partial charge on any atom is 0.269 e. The highest BCUT2D eigenvalue weighted by atomic mass is 16.6. The van der Waals surface area contributed by atoms with Crippen molar-refractivity contribution in [3.05, 3.63) is 34.4 Å². The molecule has 5 nitrogen and oxygen atoms in total. The number of nitrogens with one attached hydrogen (secondary N) is 1. The van der Waals surface area contributed by atoms with Crippen LogP contribution in [0.4, 0.5) is 11.4 Å². The second-order valence-corrected chi connectivity index (χ2v) is 4.50. The number of rotatable bonds is 3. The lowest BCUT2D eigenvalue weighted by Gasteiger charge is -2.30. The third kappa shape index (κ3) is 2.94. The molecular weight excluding hydrogens is 218 g/mol. The lowest BCUT2D eigenvalue weighted by Crippen LogP contribution is -2.42. The topological polar surface area (TPSA) is 81.2 Å². The molecule has 5 heteroatoms. The Morgan fingerprint density at radius 1 is 1.24 bits per heavy atom. The van der Waals surface area contributed by atoms with Crippen LogP contribution in [0, 0.1) is 10.1 Å². The van der Waals surface area contributed by atoms with E-state index >= 15 is 0 Å². The van der Waals surface area contributed by atoms with Crippen LogP contribution in [0.1, 0.15) is 25.7 Å². The fourth-order valence-corrected chi connectivity index (χ4v) is 2.23. The number of nitro groups is 1. The van der Waals surface area contributed by atoms with Gasteiger partial charge in [-0.15, -0.1) is 0 Å². The quantitative estimate of drug-likeness (QED) is 0.622. The molecule has 0 bridgehead atoms. The summed E-state index contributed by atoms with van der Waals surface area (Å²) in [4.78, 5) is 10.1. The van der Waals surface area contributed by atoms with Crippen molar-refractivity contribution in [1.29, 1.82) is 0 Å². The van der Waals surface area contributed by atoms with Gasteiger partial charge in [0.15, 0.2) is 0 Å². The fourth-order valence-electron chi connectivity index (χ4n) is 2.23. The molecule has 0 heterocycles. The number of non-ortho nitro benzene ring substituents is 1. The molecule has 0 amide bonds. The van der Waals surface area contributed by atoms with Crippen molar-refractivity contribution in [2.45, 2.75) is 37.8 Å². The fraction of sp³-hybridized carbons (Fsp3) is 0.500. The van der Waals surface area contributed by atoms with E-state index in [-0.39, 0.29) is 17.8 Å². The summed E-state index contributed by atoms with van der Waals surface area (Å²) in [5.41, 5.74) is 7.05. The molecule has 0 radical (unpaired) electrons. The molecule has 3 N–H and O–H groups in total. The zero-order chi connectivity index (χ0) is 12.3. The smallest absolute Gasteiger partial charge is 0.269 e. The summed E-state index contributed by atoms with van der Waals surface area (Å²) >= 11 is 0. The van der Waals surface area contributed by atoms with E-state index in [1.807, 2.05) is 0 Å². The second-order valence-electron chi connectivity index (χ2n) is 4.50. The second kappa shape index (κ2) is 5.14. The number of hydrogen-bond acceptors (Lipinski definition) is 4. The predicted molar refractivity (Wildman–Crippen MR) is 67.0 cm³/mol. The Morgan fingerprint density at radius 2 is 1.88 bits per heavy atom. The molecule has 92 valence electrons.